The second kappa shape index (κ2) is 6.37. The first-order chi connectivity index (χ1) is 7.20. The molecule has 15 heavy (non-hydrogen) atoms. The molecule has 1 N–H and O–H groups in total. The number of carboxylic acid groups (broad SMARTS) is 1. The number of carbonyl (C=O) groups is 1. The van der Waals surface area contributed by atoms with Crippen molar-refractivity contribution in [1.29, 1.82) is 0 Å². The number of benzene rings is 1. The van der Waals surface area contributed by atoms with Gasteiger partial charge >= 0.3 is 5.97 Å². The summed E-state index contributed by atoms with van der Waals surface area (Å²) in [7, 11) is 0. The van der Waals surface area contributed by atoms with E-state index in [9.17, 15) is 4.79 Å². The van der Waals surface area contributed by atoms with Crippen LogP contribution >= 0.6 is 27.3 Å². The van der Waals surface area contributed by atoms with Gasteiger partial charge in [-0.3, -0.25) is 0 Å². The molecule has 1 aromatic carbocycles. The number of carboxylic acids is 1. The third-order valence-corrected chi connectivity index (χ3v) is 2.99. The van der Waals surface area contributed by atoms with E-state index in [1.54, 1.807) is 41.7 Å². The van der Waals surface area contributed by atoms with Gasteiger partial charge in [0, 0.05) is 9.85 Å². The first-order valence-electron chi connectivity index (χ1n) is 4.16. The van der Waals surface area contributed by atoms with E-state index in [0.29, 0.717) is 5.56 Å². The van der Waals surface area contributed by atoms with E-state index in [0.717, 1.165) is 0 Å². The predicted octanol–water partition coefficient (Wildman–Crippen LogP) is 3.90. The lowest BCUT2D eigenvalue weighted by atomic mass is 10.2. The number of hydrogen-bond donors (Lipinski definition) is 1. The molecule has 0 unspecified atom stereocenters. The molecule has 1 heterocycles. The highest BCUT2D eigenvalue weighted by Crippen LogP contribution is 2.11. The Bertz CT molecular complexity index is 398. The molecule has 0 radical (unpaired) electrons. The molecule has 0 saturated carbocycles. The van der Waals surface area contributed by atoms with Gasteiger partial charge in [0.1, 0.15) is 0 Å². The third kappa shape index (κ3) is 4.76. The van der Waals surface area contributed by atoms with Crippen LogP contribution in [0.3, 0.4) is 0 Å². The first-order valence-corrected chi connectivity index (χ1v) is 5.90. The molecular weight excluding hydrogens is 276 g/mol. The van der Waals surface area contributed by atoms with Gasteiger partial charge in [-0.15, -0.1) is 0 Å². The van der Waals surface area contributed by atoms with Crippen LogP contribution in [0.2, 0.25) is 0 Å². The Morgan fingerprint density at radius 1 is 1.20 bits per heavy atom. The monoisotopic (exact) mass is 284 g/mol. The van der Waals surface area contributed by atoms with E-state index < -0.39 is 5.97 Å². The van der Waals surface area contributed by atoms with Crippen LogP contribution in [0, 0.1) is 0 Å². The number of thiophene rings is 1. The molecule has 0 aliphatic carbocycles. The molecule has 0 spiro atoms. The molecule has 0 bridgehead atoms. The highest BCUT2D eigenvalue weighted by molar-refractivity contribution is 9.10. The Balaban J connectivity index is 0.000000162. The fourth-order valence-corrected chi connectivity index (χ4v) is 1.97. The summed E-state index contributed by atoms with van der Waals surface area (Å²) < 4.78 is 1.17. The molecule has 0 amide bonds. The number of halogens is 1. The zero-order chi connectivity index (χ0) is 11.1. The topological polar surface area (TPSA) is 37.3 Å². The van der Waals surface area contributed by atoms with E-state index in [-0.39, 0.29) is 0 Å². The summed E-state index contributed by atoms with van der Waals surface area (Å²) in [6, 6.07) is 10.3. The predicted molar refractivity (Wildman–Crippen MR) is 65.4 cm³/mol. The van der Waals surface area contributed by atoms with Crippen LogP contribution in [-0.2, 0) is 0 Å². The number of aromatic carboxylic acids is 1. The van der Waals surface area contributed by atoms with Gasteiger partial charge < -0.3 is 5.11 Å². The van der Waals surface area contributed by atoms with Crippen molar-refractivity contribution >= 4 is 33.2 Å². The van der Waals surface area contributed by atoms with Crippen molar-refractivity contribution < 1.29 is 9.90 Å². The second-order valence-electron chi connectivity index (χ2n) is 2.61. The van der Waals surface area contributed by atoms with Crippen molar-refractivity contribution in [3.05, 3.63) is 57.2 Å². The molecular formula is C11H9BrO2S. The van der Waals surface area contributed by atoms with Crippen LogP contribution in [0.4, 0.5) is 0 Å². The molecule has 2 nitrogen and oxygen atoms in total. The third-order valence-electron chi connectivity index (χ3n) is 1.51. The Morgan fingerprint density at radius 3 is 2.13 bits per heavy atom. The number of rotatable bonds is 1. The standard InChI is InChI=1S/C7H6O2.C4H3BrS/c8-7(9)6-4-2-1-3-5-6;5-4-1-2-6-3-4/h1-5H,(H,8,9);1-3H. The van der Waals surface area contributed by atoms with E-state index in [4.69, 9.17) is 5.11 Å². The molecule has 2 aromatic rings. The smallest absolute Gasteiger partial charge is 0.335 e. The fraction of sp³-hybridized carbons (Fsp3) is 0. The first kappa shape index (κ1) is 11.9. The minimum Gasteiger partial charge on any atom is -0.478 e. The summed E-state index contributed by atoms with van der Waals surface area (Å²) in [4.78, 5) is 10.2. The van der Waals surface area contributed by atoms with E-state index >= 15 is 0 Å². The summed E-state index contributed by atoms with van der Waals surface area (Å²) in [6.45, 7) is 0. The SMILES string of the molecule is Brc1ccsc1.O=C(O)c1ccccc1. The van der Waals surface area contributed by atoms with Crippen molar-refractivity contribution in [2.75, 3.05) is 0 Å². The Kier molecular flexibility index (Phi) is 5.07. The maximum Gasteiger partial charge on any atom is 0.335 e. The van der Waals surface area contributed by atoms with Gasteiger partial charge in [0.15, 0.2) is 0 Å². The van der Waals surface area contributed by atoms with Gasteiger partial charge in [-0.1, -0.05) is 18.2 Å². The average molecular weight is 285 g/mol. The molecule has 0 atom stereocenters. The highest BCUT2D eigenvalue weighted by atomic mass is 79.9. The summed E-state index contributed by atoms with van der Waals surface area (Å²) in [5.41, 5.74) is 0.331. The highest BCUT2D eigenvalue weighted by Gasteiger charge is 1.96. The van der Waals surface area contributed by atoms with Gasteiger partial charge in [-0.25, -0.2) is 4.79 Å². The largest absolute Gasteiger partial charge is 0.478 e. The van der Waals surface area contributed by atoms with Crippen LogP contribution in [0.5, 0.6) is 0 Å². The van der Waals surface area contributed by atoms with Crippen LogP contribution in [0.25, 0.3) is 0 Å². The molecule has 0 aliphatic rings. The Labute approximate surface area is 100 Å². The molecule has 0 saturated heterocycles. The quantitative estimate of drug-likeness (QED) is 0.863. The summed E-state index contributed by atoms with van der Waals surface area (Å²) in [6.07, 6.45) is 0. The lowest BCUT2D eigenvalue weighted by molar-refractivity contribution is 0.0697. The van der Waals surface area contributed by atoms with E-state index in [2.05, 4.69) is 15.9 Å². The molecule has 0 fully saturated rings. The maximum absolute atomic E-state index is 10.2. The van der Waals surface area contributed by atoms with Crippen LogP contribution < -0.4 is 0 Å². The zero-order valence-electron chi connectivity index (χ0n) is 7.76. The molecule has 78 valence electrons. The van der Waals surface area contributed by atoms with Crippen LogP contribution in [0.15, 0.2) is 51.6 Å². The lowest BCUT2D eigenvalue weighted by Gasteiger charge is -1.88. The fourth-order valence-electron chi connectivity index (χ4n) is 0.829. The second-order valence-corrected chi connectivity index (χ2v) is 4.31. The van der Waals surface area contributed by atoms with Gasteiger partial charge in [0.2, 0.25) is 0 Å². The van der Waals surface area contributed by atoms with Crippen molar-refractivity contribution in [3.8, 4) is 0 Å². The molecule has 2 rings (SSSR count). The van der Waals surface area contributed by atoms with Gasteiger partial charge in [-0.2, -0.15) is 11.3 Å². The molecule has 4 heteroatoms. The van der Waals surface area contributed by atoms with Crippen molar-refractivity contribution in [2.45, 2.75) is 0 Å². The summed E-state index contributed by atoms with van der Waals surface area (Å²) in [5.74, 6) is -0.879. The van der Waals surface area contributed by atoms with Crippen LogP contribution in [-0.4, -0.2) is 11.1 Å². The average Bonchev–Trinajstić information content (AvgIpc) is 2.71. The minimum absolute atomic E-state index is 0.331. The Hall–Kier alpha value is -1.13. The molecule has 0 aliphatic heterocycles. The van der Waals surface area contributed by atoms with Crippen molar-refractivity contribution in [3.63, 3.8) is 0 Å². The summed E-state index contributed by atoms with van der Waals surface area (Å²) >= 11 is 4.98. The van der Waals surface area contributed by atoms with Crippen molar-refractivity contribution in [1.82, 2.24) is 0 Å². The lowest BCUT2D eigenvalue weighted by Crippen LogP contribution is -1.93. The van der Waals surface area contributed by atoms with E-state index in [1.807, 2.05) is 16.8 Å². The van der Waals surface area contributed by atoms with Crippen molar-refractivity contribution in [2.24, 2.45) is 0 Å². The van der Waals surface area contributed by atoms with Gasteiger partial charge in [0.05, 0.1) is 5.56 Å². The maximum atomic E-state index is 10.2. The van der Waals surface area contributed by atoms with Gasteiger partial charge in [0.25, 0.3) is 0 Å². The van der Waals surface area contributed by atoms with E-state index in [1.165, 1.54) is 4.47 Å². The van der Waals surface area contributed by atoms with Crippen LogP contribution in [0.1, 0.15) is 10.4 Å². The summed E-state index contributed by atoms with van der Waals surface area (Å²) in [5, 5.41) is 12.5. The zero-order valence-corrected chi connectivity index (χ0v) is 10.2. The minimum atomic E-state index is -0.879. The molecule has 1 aromatic heterocycles. The van der Waals surface area contributed by atoms with Gasteiger partial charge in [-0.05, 0) is 39.5 Å². The number of hydrogen-bond acceptors (Lipinski definition) is 2. The normalized spacial score (nSPS) is 8.87. The Morgan fingerprint density at radius 2 is 1.87 bits per heavy atom.